The lowest BCUT2D eigenvalue weighted by Crippen LogP contribution is -2.20. The van der Waals surface area contributed by atoms with Crippen molar-refractivity contribution in [2.75, 3.05) is 13.6 Å². The van der Waals surface area contributed by atoms with Gasteiger partial charge in [0.2, 0.25) is 0 Å². The van der Waals surface area contributed by atoms with Crippen LogP contribution >= 0.6 is 0 Å². The van der Waals surface area contributed by atoms with Crippen molar-refractivity contribution in [3.05, 3.63) is 29.8 Å². The minimum Gasteiger partial charge on any atom is -0.490 e. The Balaban J connectivity index is 1.67. The molecule has 2 aliphatic rings. The molecule has 1 aromatic rings. The van der Waals surface area contributed by atoms with E-state index in [1.807, 2.05) is 0 Å². The lowest BCUT2D eigenvalue weighted by molar-refractivity contribution is 0.303. The van der Waals surface area contributed by atoms with E-state index in [4.69, 9.17) is 4.74 Å². The molecule has 1 N–H and O–H groups in total. The van der Waals surface area contributed by atoms with Crippen molar-refractivity contribution in [2.45, 2.75) is 44.1 Å². The highest BCUT2D eigenvalue weighted by atomic mass is 16.5. The van der Waals surface area contributed by atoms with Crippen molar-refractivity contribution in [3.8, 4) is 5.75 Å². The van der Waals surface area contributed by atoms with Crippen molar-refractivity contribution < 1.29 is 4.74 Å². The fraction of sp³-hybridized carbons (Fsp3) is 0.625. The Morgan fingerprint density at radius 3 is 2.56 bits per heavy atom. The topological polar surface area (TPSA) is 21.3 Å². The van der Waals surface area contributed by atoms with E-state index < -0.39 is 0 Å². The second kappa shape index (κ2) is 5.31. The number of nitrogens with one attached hydrogen (secondary N) is 1. The van der Waals surface area contributed by atoms with E-state index in [9.17, 15) is 0 Å². The SMILES string of the molecule is CNCC1CCCC1c1ccc(OC2CC2)cc1. The Labute approximate surface area is 110 Å². The molecule has 0 heterocycles. The molecule has 98 valence electrons. The van der Waals surface area contributed by atoms with Gasteiger partial charge in [0.25, 0.3) is 0 Å². The normalized spacial score (nSPS) is 27.4. The Kier molecular flexibility index (Phi) is 3.55. The van der Waals surface area contributed by atoms with Gasteiger partial charge in [-0.2, -0.15) is 0 Å². The highest BCUT2D eigenvalue weighted by molar-refractivity contribution is 5.30. The van der Waals surface area contributed by atoms with Gasteiger partial charge in [-0.15, -0.1) is 0 Å². The van der Waals surface area contributed by atoms with Crippen molar-refractivity contribution in [3.63, 3.8) is 0 Å². The molecule has 0 amide bonds. The Hall–Kier alpha value is -1.02. The smallest absolute Gasteiger partial charge is 0.119 e. The number of benzene rings is 1. The lowest BCUT2D eigenvalue weighted by atomic mass is 9.89. The van der Waals surface area contributed by atoms with Crippen molar-refractivity contribution >= 4 is 0 Å². The molecule has 0 radical (unpaired) electrons. The zero-order chi connectivity index (χ0) is 12.4. The zero-order valence-electron chi connectivity index (χ0n) is 11.2. The van der Waals surface area contributed by atoms with Gasteiger partial charge in [-0.25, -0.2) is 0 Å². The summed E-state index contributed by atoms with van der Waals surface area (Å²) in [6, 6.07) is 8.86. The summed E-state index contributed by atoms with van der Waals surface area (Å²) in [5.74, 6) is 2.60. The van der Waals surface area contributed by atoms with Crippen LogP contribution < -0.4 is 10.1 Å². The van der Waals surface area contributed by atoms with Crippen molar-refractivity contribution in [2.24, 2.45) is 5.92 Å². The van der Waals surface area contributed by atoms with Crippen LogP contribution in [0.15, 0.2) is 24.3 Å². The fourth-order valence-electron chi connectivity index (χ4n) is 3.15. The molecule has 2 heteroatoms. The average molecular weight is 245 g/mol. The van der Waals surface area contributed by atoms with E-state index in [0.717, 1.165) is 24.1 Å². The van der Waals surface area contributed by atoms with Crippen LogP contribution in [0.4, 0.5) is 0 Å². The molecule has 18 heavy (non-hydrogen) atoms. The van der Waals surface area contributed by atoms with E-state index in [1.54, 1.807) is 0 Å². The summed E-state index contributed by atoms with van der Waals surface area (Å²) in [7, 11) is 2.06. The quantitative estimate of drug-likeness (QED) is 0.859. The maximum Gasteiger partial charge on any atom is 0.119 e. The second-order valence-corrected chi connectivity index (χ2v) is 5.74. The Morgan fingerprint density at radius 1 is 1.11 bits per heavy atom. The van der Waals surface area contributed by atoms with Crippen LogP contribution in [-0.4, -0.2) is 19.7 Å². The summed E-state index contributed by atoms with van der Waals surface area (Å²) in [6.07, 6.45) is 7.04. The molecular weight excluding hydrogens is 222 g/mol. The van der Waals surface area contributed by atoms with Gasteiger partial charge in [0.05, 0.1) is 6.10 Å². The highest BCUT2D eigenvalue weighted by Crippen LogP contribution is 2.39. The Morgan fingerprint density at radius 2 is 1.89 bits per heavy atom. The van der Waals surface area contributed by atoms with Crippen molar-refractivity contribution in [1.82, 2.24) is 5.32 Å². The molecular formula is C16H23NO. The summed E-state index contributed by atoms with van der Waals surface area (Å²) in [5.41, 5.74) is 1.50. The molecule has 2 aliphatic carbocycles. The molecule has 0 aromatic heterocycles. The molecule has 2 nitrogen and oxygen atoms in total. The number of hydrogen-bond acceptors (Lipinski definition) is 2. The number of hydrogen-bond donors (Lipinski definition) is 1. The molecule has 0 spiro atoms. The molecule has 3 rings (SSSR count). The van der Waals surface area contributed by atoms with Crippen LogP contribution in [0, 0.1) is 5.92 Å². The van der Waals surface area contributed by atoms with Crippen LogP contribution in [0.5, 0.6) is 5.75 Å². The Bertz CT molecular complexity index is 383. The molecule has 0 saturated heterocycles. The first kappa shape index (κ1) is 12.0. The van der Waals surface area contributed by atoms with Crippen molar-refractivity contribution in [1.29, 1.82) is 0 Å². The van der Waals surface area contributed by atoms with E-state index in [-0.39, 0.29) is 0 Å². The van der Waals surface area contributed by atoms with Gasteiger partial charge >= 0.3 is 0 Å². The standard InChI is InChI=1S/C16H23NO/c1-17-11-13-3-2-4-16(13)12-5-7-14(8-6-12)18-15-9-10-15/h5-8,13,15-17H,2-4,9-11H2,1H3. The van der Waals surface area contributed by atoms with Gasteiger partial charge in [0.1, 0.15) is 5.75 Å². The number of ether oxygens (including phenoxy) is 1. The first-order chi connectivity index (χ1) is 8.86. The molecule has 0 aliphatic heterocycles. The van der Waals surface area contributed by atoms with Crippen LogP contribution in [0.2, 0.25) is 0 Å². The van der Waals surface area contributed by atoms with Crippen LogP contribution in [0.25, 0.3) is 0 Å². The predicted molar refractivity (Wildman–Crippen MR) is 74.1 cm³/mol. The summed E-state index contributed by atoms with van der Waals surface area (Å²) in [5, 5.41) is 3.33. The average Bonchev–Trinajstić information content (AvgIpc) is 3.08. The summed E-state index contributed by atoms with van der Waals surface area (Å²) >= 11 is 0. The summed E-state index contributed by atoms with van der Waals surface area (Å²) in [4.78, 5) is 0. The second-order valence-electron chi connectivity index (χ2n) is 5.74. The van der Waals surface area contributed by atoms with Gasteiger partial charge in [-0.1, -0.05) is 18.6 Å². The summed E-state index contributed by atoms with van der Waals surface area (Å²) < 4.78 is 5.80. The molecule has 1 aromatic carbocycles. The maximum atomic E-state index is 5.80. The zero-order valence-corrected chi connectivity index (χ0v) is 11.2. The lowest BCUT2D eigenvalue weighted by Gasteiger charge is -2.20. The van der Waals surface area contributed by atoms with E-state index in [0.29, 0.717) is 6.10 Å². The first-order valence-corrected chi connectivity index (χ1v) is 7.28. The van der Waals surface area contributed by atoms with Crippen LogP contribution in [0.1, 0.15) is 43.6 Å². The van der Waals surface area contributed by atoms with E-state index in [2.05, 4.69) is 36.6 Å². The van der Waals surface area contributed by atoms with Crippen LogP contribution in [0.3, 0.4) is 0 Å². The van der Waals surface area contributed by atoms with Gasteiger partial charge in [-0.3, -0.25) is 0 Å². The minimum absolute atomic E-state index is 0.499. The van der Waals surface area contributed by atoms with E-state index in [1.165, 1.54) is 37.7 Å². The largest absolute Gasteiger partial charge is 0.490 e. The molecule has 0 bridgehead atoms. The molecule has 2 atom stereocenters. The third kappa shape index (κ3) is 2.69. The van der Waals surface area contributed by atoms with Gasteiger partial charge < -0.3 is 10.1 Å². The summed E-state index contributed by atoms with van der Waals surface area (Å²) in [6.45, 7) is 1.14. The van der Waals surface area contributed by atoms with E-state index >= 15 is 0 Å². The van der Waals surface area contributed by atoms with Gasteiger partial charge in [-0.05, 0) is 68.8 Å². The first-order valence-electron chi connectivity index (χ1n) is 7.28. The monoisotopic (exact) mass is 245 g/mol. The maximum absolute atomic E-state index is 5.80. The van der Waals surface area contributed by atoms with Crippen LogP contribution in [-0.2, 0) is 0 Å². The molecule has 2 fully saturated rings. The molecule has 2 unspecified atom stereocenters. The third-order valence-electron chi connectivity index (χ3n) is 4.26. The number of rotatable bonds is 5. The van der Waals surface area contributed by atoms with Gasteiger partial charge in [0, 0.05) is 0 Å². The predicted octanol–water partition coefficient (Wildman–Crippen LogP) is 3.33. The minimum atomic E-state index is 0.499. The fourth-order valence-corrected chi connectivity index (χ4v) is 3.15. The van der Waals surface area contributed by atoms with Gasteiger partial charge in [0.15, 0.2) is 0 Å². The molecule has 2 saturated carbocycles. The third-order valence-corrected chi connectivity index (χ3v) is 4.26. The highest BCUT2D eigenvalue weighted by Gasteiger charge is 2.28.